The van der Waals surface area contributed by atoms with Crippen LogP contribution in [0.25, 0.3) is 0 Å². The Morgan fingerprint density at radius 1 is 1.37 bits per heavy atom. The SMILES string of the molecule is CCc1cc(C(F)(F)F)ccc1N=C(N)NC(N)=O. The van der Waals surface area contributed by atoms with E-state index in [1.54, 1.807) is 6.92 Å². The van der Waals surface area contributed by atoms with E-state index >= 15 is 0 Å². The summed E-state index contributed by atoms with van der Waals surface area (Å²) in [7, 11) is 0. The van der Waals surface area contributed by atoms with Gasteiger partial charge in [0, 0.05) is 0 Å². The lowest BCUT2D eigenvalue weighted by molar-refractivity contribution is -0.137. The van der Waals surface area contributed by atoms with Gasteiger partial charge in [0.2, 0.25) is 5.96 Å². The summed E-state index contributed by atoms with van der Waals surface area (Å²) in [5.41, 5.74) is 10.1. The number of rotatable bonds is 2. The first-order chi connectivity index (χ1) is 8.74. The first-order valence-corrected chi connectivity index (χ1v) is 5.34. The summed E-state index contributed by atoms with van der Waals surface area (Å²) in [6.45, 7) is 1.69. The van der Waals surface area contributed by atoms with E-state index < -0.39 is 17.8 Å². The summed E-state index contributed by atoms with van der Waals surface area (Å²) in [5.74, 6) is -0.276. The quantitative estimate of drug-likeness (QED) is 0.567. The molecule has 0 saturated carbocycles. The molecule has 8 heteroatoms. The average molecular weight is 274 g/mol. The summed E-state index contributed by atoms with van der Waals surface area (Å²) in [6, 6.07) is 2.19. The summed E-state index contributed by atoms with van der Waals surface area (Å²) < 4.78 is 37.6. The molecule has 5 N–H and O–H groups in total. The van der Waals surface area contributed by atoms with Crippen molar-refractivity contribution in [2.45, 2.75) is 19.5 Å². The molecule has 0 spiro atoms. The number of nitrogens with one attached hydrogen (secondary N) is 1. The number of carbonyl (C=O) groups excluding carboxylic acids is 1. The van der Waals surface area contributed by atoms with Crippen molar-refractivity contribution in [2.24, 2.45) is 16.5 Å². The zero-order chi connectivity index (χ0) is 14.6. The molecule has 1 aromatic rings. The Kier molecular flexibility index (Phi) is 4.36. The summed E-state index contributed by atoms with van der Waals surface area (Å²) in [6.07, 6.45) is -4.07. The highest BCUT2D eigenvalue weighted by Crippen LogP contribution is 2.32. The standard InChI is InChI=1S/C11H13F3N4O/c1-2-6-5-7(11(12,13)14)3-4-8(6)17-9(15)18-10(16)19/h3-5H,2H2,1H3,(H5,15,16,17,18,19). The zero-order valence-electron chi connectivity index (χ0n) is 10.1. The van der Waals surface area contributed by atoms with Gasteiger partial charge in [-0.3, -0.25) is 5.32 Å². The highest BCUT2D eigenvalue weighted by atomic mass is 19.4. The van der Waals surface area contributed by atoms with E-state index in [1.807, 2.05) is 5.32 Å². The Labute approximate surface area is 107 Å². The van der Waals surface area contributed by atoms with Gasteiger partial charge >= 0.3 is 12.2 Å². The maximum atomic E-state index is 12.5. The molecular formula is C11H13F3N4O. The predicted molar refractivity (Wildman–Crippen MR) is 64.8 cm³/mol. The molecule has 5 nitrogen and oxygen atoms in total. The van der Waals surface area contributed by atoms with Gasteiger partial charge in [-0.25, -0.2) is 9.79 Å². The number of nitrogens with two attached hydrogens (primary N) is 2. The van der Waals surface area contributed by atoms with Crippen molar-refractivity contribution >= 4 is 17.7 Å². The van der Waals surface area contributed by atoms with Gasteiger partial charge in [0.15, 0.2) is 0 Å². The predicted octanol–water partition coefficient (Wildman–Crippen LogP) is 1.88. The third-order valence-electron chi connectivity index (χ3n) is 2.28. The fourth-order valence-electron chi connectivity index (χ4n) is 1.44. The van der Waals surface area contributed by atoms with Crippen molar-refractivity contribution < 1.29 is 18.0 Å². The molecule has 1 aromatic carbocycles. The van der Waals surface area contributed by atoms with E-state index in [0.717, 1.165) is 12.1 Å². The minimum Gasteiger partial charge on any atom is -0.369 e. The molecule has 2 amide bonds. The van der Waals surface area contributed by atoms with Gasteiger partial charge in [-0.2, -0.15) is 13.2 Å². The Morgan fingerprint density at radius 3 is 2.47 bits per heavy atom. The number of carbonyl (C=O) groups is 1. The van der Waals surface area contributed by atoms with Crippen LogP contribution in [0.15, 0.2) is 23.2 Å². The summed E-state index contributed by atoms with van der Waals surface area (Å²) in [5, 5.41) is 2.03. The second-order valence-corrected chi connectivity index (χ2v) is 3.68. The minimum absolute atomic E-state index is 0.252. The van der Waals surface area contributed by atoms with Crippen molar-refractivity contribution in [3.05, 3.63) is 29.3 Å². The molecule has 0 aliphatic carbocycles. The minimum atomic E-state index is -4.41. The topological polar surface area (TPSA) is 93.5 Å². The van der Waals surface area contributed by atoms with Crippen LogP contribution in [0.5, 0.6) is 0 Å². The number of urea groups is 1. The Balaban J connectivity index is 3.13. The van der Waals surface area contributed by atoms with Gasteiger partial charge in [-0.1, -0.05) is 6.92 Å². The Hall–Kier alpha value is -2.25. The second-order valence-electron chi connectivity index (χ2n) is 3.68. The number of hydrogen-bond acceptors (Lipinski definition) is 2. The average Bonchev–Trinajstić information content (AvgIpc) is 2.26. The van der Waals surface area contributed by atoms with E-state index in [0.29, 0.717) is 12.0 Å². The maximum absolute atomic E-state index is 12.5. The number of aryl methyl sites for hydroxylation is 1. The van der Waals surface area contributed by atoms with Gasteiger partial charge in [0.1, 0.15) is 0 Å². The number of halogens is 3. The van der Waals surface area contributed by atoms with Gasteiger partial charge in [0.25, 0.3) is 0 Å². The van der Waals surface area contributed by atoms with Crippen LogP contribution in [0.3, 0.4) is 0 Å². The zero-order valence-corrected chi connectivity index (χ0v) is 10.1. The van der Waals surface area contributed by atoms with Gasteiger partial charge in [0.05, 0.1) is 11.3 Å². The molecule has 0 fully saturated rings. The highest BCUT2D eigenvalue weighted by molar-refractivity contribution is 5.95. The van der Waals surface area contributed by atoms with Gasteiger partial charge in [-0.15, -0.1) is 0 Å². The molecule has 0 atom stereocenters. The van der Waals surface area contributed by atoms with Crippen LogP contribution >= 0.6 is 0 Å². The molecule has 0 unspecified atom stereocenters. The largest absolute Gasteiger partial charge is 0.416 e. The van der Waals surface area contributed by atoms with E-state index in [4.69, 9.17) is 11.5 Å². The third kappa shape index (κ3) is 4.16. The lowest BCUT2D eigenvalue weighted by atomic mass is 10.1. The molecular weight excluding hydrogens is 261 g/mol. The first-order valence-electron chi connectivity index (χ1n) is 5.34. The fourth-order valence-corrected chi connectivity index (χ4v) is 1.44. The summed E-state index contributed by atoms with van der Waals surface area (Å²) >= 11 is 0. The third-order valence-corrected chi connectivity index (χ3v) is 2.28. The molecule has 0 bridgehead atoms. The van der Waals surface area contributed by atoms with Crippen molar-refractivity contribution in [2.75, 3.05) is 0 Å². The monoisotopic (exact) mass is 274 g/mol. The molecule has 0 aliphatic heterocycles. The van der Waals surface area contributed by atoms with Crippen molar-refractivity contribution in [1.82, 2.24) is 5.32 Å². The normalized spacial score (nSPS) is 12.3. The molecule has 1 rings (SSSR count). The highest BCUT2D eigenvalue weighted by Gasteiger charge is 2.30. The van der Waals surface area contributed by atoms with Crippen LogP contribution in [0.4, 0.5) is 23.7 Å². The smallest absolute Gasteiger partial charge is 0.369 e. The Morgan fingerprint density at radius 2 is 2.00 bits per heavy atom. The van der Waals surface area contributed by atoms with Gasteiger partial charge in [-0.05, 0) is 30.2 Å². The van der Waals surface area contributed by atoms with Crippen LogP contribution in [-0.2, 0) is 12.6 Å². The fraction of sp³-hybridized carbons (Fsp3) is 0.273. The second kappa shape index (κ2) is 5.59. The number of nitrogens with zero attached hydrogens (tertiary/aromatic N) is 1. The van der Waals surface area contributed by atoms with Crippen LogP contribution in [0.2, 0.25) is 0 Å². The maximum Gasteiger partial charge on any atom is 0.416 e. The van der Waals surface area contributed by atoms with Crippen LogP contribution in [0, 0.1) is 0 Å². The number of benzene rings is 1. The van der Waals surface area contributed by atoms with E-state index in [-0.39, 0.29) is 11.6 Å². The van der Waals surface area contributed by atoms with Crippen molar-refractivity contribution in [3.63, 3.8) is 0 Å². The number of primary amides is 1. The molecule has 104 valence electrons. The molecule has 0 aromatic heterocycles. The van der Waals surface area contributed by atoms with Crippen molar-refractivity contribution in [1.29, 1.82) is 0 Å². The summed E-state index contributed by atoms with van der Waals surface area (Å²) in [4.78, 5) is 14.3. The number of aliphatic imine (C=N–C) groups is 1. The molecule has 0 heterocycles. The van der Waals surface area contributed by atoms with E-state index in [2.05, 4.69) is 4.99 Å². The number of alkyl halides is 3. The molecule has 0 saturated heterocycles. The van der Waals surface area contributed by atoms with Crippen LogP contribution in [-0.4, -0.2) is 12.0 Å². The molecule has 0 aliphatic rings. The van der Waals surface area contributed by atoms with E-state index in [1.165, 1.54) is 6.07 Å². The molecule has 19 heavy (non-hydrogen) atoms. The number of hydrogen-bond donors (Lipinski definition) is 3. The number of guanidine groups is 1. The lowest BCUT2D eigenvalue weighted by Crippen LogP contribution is -2.39. The number of amides is 2. The first kappa shape index (κ1) is 14.8. The van der Waals surface area contributed by atoms with E-state index in [9.17, 15) is 18.0 Å². The Bertz CT molecular complexity index is 511. The van der Waals surface area contributed by atoms with Gasteiger partial charge < -0.3 is 11.5 Å². The van der Waals surface area contributed by atoms with Crippen LogP contribution in [0.1, 0.15) is 18.1 Å². The van der Waals surface area contributed by atoms with Crippen LogP contribution < -0.4 is 16.8 Å². The lowest BCUT2D eigenvalue weighted by Gasteiger charge is -2.10. The molecule has 0 radical (unpaired) electrons. The van der Waals surface area contributed by atoms with Crippen molar-refractivity contribution in [3.8, 4) is 0 Å².